The maximum Gasteiger partial charge on any atom is 0.306 e. The molecule has 5 heterocycles. The Morgan fingerprint density at radius 3 is 1.78 bits per heavy atom. The van der Waals surface area contributed by atoms with Crippen LogP contribution in [0.3, 0.4) is 0 Å². The molecular weight excluding hydrogens is 947 g/mol. The molecule has 0 saturated carbocycles. The van der Waals surface area contributed by atoms with E-state index in [1.165, 1.54) is 42.7 Å². The van der Waals surface area contributed by atoms with Crippen LogP contribution in [0.25, 0.3) is 0 Å². The van der Waals surface area contributed by atoms with Crippen molar-refractivity contribution >= 4 is 58.9 Å². The Labute approximate surface area is 428 Å². The Morgan fingerprint density at radius 1 is 0.699 bits per heavy atom. The summed E-state index contributed by atoms with van der Waals surface area (Å²) in [5.41, 5.74) is -4.92. The van der Waals surface area contributed by atoms with Crippen molar-refractivity contribution in [3.05, 3.63) is 34.3 Å². The minimum absolute atomic E-state index is 0.00323. The van der Waals surface area contributed by atoms with Gasteiger partial charge >= 0.3 is 35.8 Å². The van der Waals surface area contributed by atoms with Crippen molar-refractivity contribution in [2.45, 2.75) is 143 Å². The highest BCUT2D eigenvalue weighted by atomic mass is 16.5. The van der Waals surface area contributed by atoms with E-state index >= 15 is 0 Å². The maximum atomic E-state index is 14.1. The summed E-state index contributed by atoms with van der Waals surface area (Å²) >= 11 is 0. The summed E-state index contributed by atoms with van der Waals surface area (Å²) in [6.45, 7) is 14.5. The van der Waals surface area contributed by atoms with Crippen LogP contribution in [-0.4, -0.2) is 142 Å². The average Bonchev–Trinajstić information content (AvgIpc) is 3.95. The molecular formula is C53H77N5O15. The molecule has 5 aliphatic rings. The van der Waals surface area contributed by atoms with Crippen LogP contribution in [0.1, 0.15) is 126 Å². The number of amides is 1. The van der Waals surface area contributed by atoms with Gasteiger partial charge in [-0.05, 0) is 63.7 Å². The zero-order valence-corrected chi connectivity index (χ0v) is 45.1. The Balaban J connectivity index is 2.07. The molecule has 20 heteroatoms. The first-order chi connectivity index (χ1) is 34.2. The van der Waals surface area contributed by atoms with Gasteiger partial charge in [0.15, 0.2) is 0 Å². The van der Waals surface area contributed by atoms with Gasteiger partial charge in [-0.2, -0.15) is 0 Å². The summed E-state index contributed by atoms with van der Waals surface area (Å²) in [7, 11) is 7.67. The molecule has 4 N–H and O–H groups in total. The van der Waals surface area contributed by atoms with Crippen LogP contribution in [0.15, 0.2) is 49.3 Å². The van der Waals surface area contributed by atoms with E-state index in [-0.39, 0.29) is 89.5 Å². The lowest BCUT2D eigenvalue weighted by Crippen LogP contribution is -2.55. The van der Waals surface area contributed by atoms with Crippen molar-refractivity contribution in [1.82, 2.24) is 10.6 Å². The molecule has 0 radical (unpaired) electrons. The van der Waals surface area contributed by atoms with Gasteiger partial charge in [-0.3, -0.25) is 48.5 Å². The highest BCUT2D eigenvalue weighted by Gasteiger charge is 2.67. The number of hydrogen-bond donors (Lipinski definition) is 4. The SMILES string of the molecule is COC(=O)CC[C@@H]1/C2=C(\C)C3=NC([C@H](CC(=O)OC)[C@@]3(C)CCC(=O)OC)[C@]3(C)N=C(/C(C)=C4\N/C(=C\C(=N2)C1(C)C)[C@@](O)(CCC(=O)OC)[C@]4(C)CC(=O)NCCO)[C@@H](CCC(=O)OC)[C@]3(C)CC(=O)OC. The fourth-order valence-corrected chi connectivity index (χ4v) is 12.5. The van der Waals surface area contributed by atoms with Crippen LogP contribution < -0.4 is 10.6 Å². The summed E-state index contributed by atoms with van der Waals surface area (Å²) in [5, 5.41) is 29.7. The molecule has 20 nitrogen and oxygen atoms in total. The number of nitrogens with zero attached hydrogens (tertiary/aromatic N) is 3. The van der Waals surface area contributed by atoms with E-state index in [2.05, 4.69) is 10.6 Å². The number of nitrogens with one attached hydrogen (secondary N) is 2. The van der Waals surface area contributed by atoms with Gasteiger partial charge in [0.05, 0.1) is 79.1 Å². The van der Waals surface area contributed by atoms with Gasteiger partial charge in [-0.15, -0.1) is 0 Å². The van der Waals surface area contributed by atoms with Gasteiger partial charge in [-0.25, -0.2) is 0 Å². The summed E-state index contributed by atoms with van der Waals surface area (Å²) in [5.74, 6) is -5.85. The number of aliphatic imine (C=N–C) groups is 3. The van der Waals surface area contributed by atoms with Crippen molar-refractivity contribution < 1.29 is 72.2 Å². The van der Waals surface area contributed by atoms with Crippen molar-refractivity contribution in [3.8, 4) is 0 Å². The number of fused-ring (bicyclic) bond motifs is 6. The third-order valence-corrected chi connectivity index (χ3v) is 17.3. The lowest BCUT2D eigenvalue weighted by molar-refractivity contribution is -0.147. The van der Waals surface area contributed by atoms with Crippen LogP contribution in [0.2, 0.25) is 0 Å². The number of carbonyl (C=O) groups is 7. The number of allylic oxidation sites excluding steroid dienone is 4. The summed E-state index contributed by atoms with van der Waals surface area (Å²) in [4.78, 5) is 111. The van der Waals surface area contributed by atoms with Gasteiger partial charge in [0, 0.05) is 107 Å². The Morgan fingerprint density at radius 2 is 1.23 bits per heavy atom. The second-order valence-corrected chi connectivity index (χ2v) is 21.4. The molecule has 404 valence electrons. The minimum Gasteiger partial charge on any atom is -0.469 e. The second-order valence-electron chi connectivity index (χ2n) is 21.4. The van der Waals surface area contributed by atoms with Crippen LogP contribution in [0, 0.1) is 39.4 Å². The molecule has 0 spiro atoms. The quantitative estimate of drug-likeness (QED) is 0.0959. The fraction of sp³-hybridized carbons (Fsp3) is 0.698. The number of methoxy groups -OCH3 is 6. The zero-order chi connectivity index (χ0) is 54.6. The second kappa shape index (κ2) is 22.4. The lowest BCUT2D eigenvalue weighted by atomic mass is 9.55. The van der Waals surface area contributed by atoms with E-state index in [1.54, 1.807) is 19.9 Å². The van der Waals surface area contributed by atoms with Gasteiger partial charge in [0.1, 0.15) is 5.60 Å². The van der Waals surface area contributed by atoms with Crippen molar-refractivity contribution in [1.29, 1.82) is 0 Å². The first-order valence-corrected chi connectivity index (χ1v) is 24.9. The first-order valence-electron chi connectivity index (χ1n) is 24.9. The van der Waals surface area contributed by atoms with E-state index in [4.69, 9.17) is 43.4 Å². The molecule has 0 aromatic heterocycles. The van der Waals surface area contributed by atoms with Gasteiger partial charge in [0.2, 0.25) is 5.91 Å². The molecule has 0 aromatic rings. The largest absolute Gasteiger partial charge is 0.469 e. The Kier molecular flexibility index (Phi) is 17.8. The lowest BCUT2D eigenvalue weighted by Gasteiger charge is -2.48. The van der Waals surface area contributed by atoms with E-state index < -0.39 is 98.3 Å². The molecule has 1 unspecified atom stereocenters. The number of esters is 6. The van der Waals surface area contributed by atoms with Gasteiger partial charge in [0.25, 0.3) is 0 Å². The zero-order valence-electron chi connectivity index (χ0n) is 45.1. The summed E-state index contributed by atoms with van der Waals surface area (Å²) in [6.07, 6.45) is 0.643. The Bertz CT molecular complexity index is 2440. The number of carbonyl (C=O) groups excluding carboxylic acids is 7. The van der Waals surface area contributed by atoms with Crippen LogP contribution in [0.4, 0.5) is 0 Å². The molecule has 1 fully saturated rings. The predicted molar refractivity (Wildman–Crippen MR) is 268 cm³/mol. The monoisotopic (exact) mass is 1020 g/mol. The number of aliphatic hydroxyl groups is 2. The fourth-order valence-electron chi connectivity index (χ4n) is 12.5. The summed E-state index contributed by atoms with van der Waals surface area (Å²) < 4.78 is 31.3. The molecule has 0 aliphatic carbocycles. The highest BCUT2D eigenvalue weighted by Crippen LogP contribution is 2.63. The first kappa shape index (κ1) is 58.1. The van der Waals surface area contributed by atoms with Crippen LogP contribution in [-0.2, 0) is 62.0 Å². The molecule has 9 atom stereocenters. The third-order valence-electron chi connectivity index (χ3n) is 17.3. The molecule has 5 rings (SSSR count). The number of hydrogen-bond acceptors (Lipinski definition) is 19. The van der Waals surface area contributed by atoms with Crippen LogP contribution >= 0.6 is 0 Å². The molecule has 8 bridgehead atoms. The maximum absolute atomic E-state index is 14.1. The Hall–Kier alpha value is -5.76. The van der Waals surface area contributed by atoms with E-state index in [1.807, 2.05) is 41.5 Å². The topological polar surface area (TPSA) is 276 Å². The number of rotatable bonds is 20. The minimum atomic E-state index is -2.05. The third kappa shape index (κ3) is 10.5. The molecule has 5 aliphatic heterocycles. The molecule has 1 amide bonds. The van der Waals surface area contributed by atoms with Gasteiger partial charge < -0.3 is 49.3 Å². The number of aliphatic hydroxyl groups excluding tert-OH is 1. The molecule has 0 aromatic carbocycles. The highest BCUT2D eigenvalue weighted by molar-refractivity contribution is 6.10. The van der Waals surface area contributed by atoms with E-state index in [0.29, 0.717) is 39.7 Å². The van der Waals surface area contributed by atoms with Gasteiger partial charge in [-0.1, -0.05) is 34.6 Å². The van der Waals surface area contributed by atoms with Crippen LogP contribution in [0.5, 0.6) is 0 Å². The van der Waals surface area contributed by atoms with Crippen molar-refractivity contribution in [2.24, 2.45) is 54.4 Å². The number of ether oxygens (including phenoxy) is 6. The predicted octanol–water partition coefficient (Wildman–Crippen LogP) is 4.59. The van der Waals surface area contributed by atoms with E-state index in [0.717, 1.165) is 0 Å². The van der Waals surface area contributed by atoms with Crippen molar-refractivity contribution in [3.63, 3.8) is 0 Å². The molecule has 1 saturated heterocycles. The summed E-state index contributed by atoms with van der Waals surface area (Å²) in [6, 6.07) is -0.959. The molecule has 73 heavy (non-hydrogen) atoms. The van der Waals surface area contributed by atoms with Crippen molar-refractivity contribution in [2.75, 3.05) is 55.8 Å². The smallest absolute Gasteiger partial charge is 0.306 e. The standard InChI is InChI=1S/C53H77N5O15/c1-29-43-31(15-17-37(61)68-9)48(3,4)34(55-43)26-35-53(67,22-20-40(64)71-12)51(7,27-36(60)54-23-24-59)46(56-35)30(2)44-32(16-18-38(62)69-10)50(6,28-42(66)73-14)52(8,58-44)47-33(25-41(65)72-13)49(5,45(29)57-47)21-19-39(63)70-11/h26,31-33,47,56,59,67H,15-25,27-28H2,1-14H3,(H,54,60)/b35-26-,43-29-,46-30-/t31-,32-,33+,47?,49-,50+,51-,52+,53+/m1/s1. The van der Waals surface area contributed by atoms with E-state index in [9.17, 15) is 43.8 Å². The normalized spacial score (nSPS) is 33.6. The average molecular weight is 1020 g/mol.